The molecule has 2 aromatic heterocycles. The number of fused-ring (bicyclic) bond motifs is 1. The van der Waals surface area contributed by atoms with E-state index in [0.29, 0.717) is 0 Å². The second kappa shape index (κ2) is 6.30. The Balaban J connectivity index is 1.92. The molecule has 0 fully saturated rings. The zero-order valence-corrected chi connectivity index (χ0v) is 15.7. The molecule has 0 unspecified atom stereocenters. The van der Waals surface area contributed by atoms with E-state index in [1.807, 2.05) is 35.9 Å². The summed E-state index contributed by atoms with van der Waals surface area (Å²) in [6, 6.07) is 6.56. The van der Waals surface area contributed by atoms with E-state index < -0.39 is 0 Å². The van der Waals surface area contributed by atoms with Crippen molar-refractivity contribution in [3.8, 4) is 17.1 Å². The Morgan fingerprint density at radius 1 is 0.958 bits per heavy atom. The number of hydrogen-bond donors (Lipinski definition) is 0. The Kier molecular flexibility index (Phi) is 4.14. The number of pyridine rings is 1. The highest BCUT2D eigenvalue weighted by molar-refractivity contribution is 8.05. The average Bonchev–Trinajstić information content (AvgIpc) is 3.02. The minimum absolute atomic E-state index is 0.999. The first-order valence-corrected chi connectivity index (χ1v) is 9.99. The number of nitrogens with zero attached hydrogens (tertiary/aromatic N) is 3. The highest BCUT2D eigenvalue weighted by atomic mass is 32.2. The van der Waals surface area contributed by atoms with Gasteiger partial charge < -0.3 is 0 Å². The van der Waals surface area contributed by atoms with E-state index >= 15 is 0 Å². The summed E-state index contributed by atoms with van der Waals surface area (Å²) in [5.41, 5.74) is 6.26. The molecule has 24 heavy (non-hydrogen) atoms. The second-order valence-electron chi connectivity index (χ2n) is 6.06. The maximum atomic E-state index is 4.69. The van der Waals surface area contributed by atoms with Crippen molar-refractivity contribution >= 4 is 23.5 Å². The number of aryl methyl sites for hydroxylation is 3. The van der Waals surface area contributed by atoms with Crippen LogP contribution in [0.15, 0.2) is 46.7 Å². The van der Waals surface area contributed by atoms with Crippen LogP contribution in [0.3, 0.4) is 0 Å². The Hall–Kier alpha value is -1.72. The Morgan fingerprint density at radius 2 is 1.71 bits per heavy atom. The van der Waals surface area contributed by atoms with Gasteiger partial charge in [-0.1, -0.05) is 17.7 Å². The molecule has 0 spiro atoms. The van der Waals surface area contributed by atoms with Gasteiger partial charge in [0, 0.05) is 35.7 Å². The molecule has 3 nitrogen and oxygen atoms in total. The molecule has 0 aliphatic carbocycles. The van der Waals surface area contributed by atoms with Gasteiger partial charge in [0.15, 0.2) is 0 Å². The molecular weight excluding hydrogens is 334 g/mol. The number of imidazole rings is 1. The largest absolute Gasteiger partial charge is 0.299 e. The fourth-order valence-corrected chi connectivity index (χ4v) is 5.65. The monoisotopic (exact) mass is 353 g/mol. The first-order chi connectivity index (χ1) is 11.6. The fourth-order valence-electron chi connectivity index (χ4n) is 3.37. The van der Waals surface area contributed by atoms with Gasteiger partial charge in [-0.3, -0.25) is 4.57 Å². The van der Waals surface area contributed by atoms with Crippen LogP contribution < -0.4 is 0 Å². The SMILES string of the molecule is Cc1cc(C)c(-n2ccnc2-c2ccnc3c2SCCS3)c(C)c1. The number of aromatic nitrogens is 3. The quantitative estimate of drug-likeness (QED) is 0.644. The van der Waals surface area contributed by atoms with Crippen LogP contribution in [0.25, 0.3) is 17.1 Å². The molecule has 5 heteroatoms. The van der Waals surface area contributed by atoms with E-state index in [4.69, 9.17) is 0 Å². The smallest absolute Gasteiger partial charge is 0.145 e. The summed E-state index contributed by atoms with van der Waals surface area (Å²) in [5, 5.41) is 1.13. The van der Waals surface area contributed by atoms with E-state index in [2.05, 4.69) is 59.7 Å². The van der Waals surface area contributed by atoms with Crippen molar-refractivity contribution < 1.29 is 0 Å². The molecular formula is C19H19N3S2. The third-order valence-corrected chi connectivity index (χ3v) is 6.69. The van der Waals surface area contributed by atoms with E-state index in [0.717, 1.165) is 22.4 Å². The van der Waals surface area contributed by atoms with Crippen molar-refractivity contribution in [3.05, 3.63) is 53.5 Å². The van der Waals surface area contributed by atoms with Gasteiger partial charge >= 0.3 is 0 Å². The lowest BCUT2D eigenvalue weighted by Gasteiger charge is -2.19. The van der Waals surface area contributed by atoms with E-state index in [1.165, 1.54) is 32.8 Å². The van der Waals surface area contributed by atoms with Crippen molar-refractivity contribution in [3.63, 3.8) is 0 Å². The van der Waals surface area contributed by atoms with Crippen LogP contribution in [0.5, 0.6) is 0 Å². The third kappa shape index (κ3) is 2.66. The first kappa shape index (κ1) is 15.8. The number of hydrogen-bond acceptors (Lipinski definition) is 4. The molecule has 3 heterocycles. The van der Waals surface area contributed by atoms with Gasteiger partial charge in [0.05, 0.1) is 10.6 Å². The summed E-state index contributed by atoms with van der Waals surface area (Å²) in [7, 11) is 0. The maximum Gasteiger partial charge on any atom is 0.145 e. The van der Waals surface area contributed by atoms with Gasteiger partial charge in [0.2, 0.25) is 0 Å². The molecule has 1 aromatic carbocycles. The molecule has 0 saturated carbocycles. The maximum absolute atomic E-state index is 4.69. The predicted octanol–water partition coefficient (Wildman–Crippen LogP) is 5.06. The molecule has 0 radical (unpaired) electrons. The van der Waals surface area contributed by atoms with Crippen LogP contribution in [0.4, 0.5) is 0 Å². The van der Waals surface area contributed by atoms with Gasteiger partial charge in [-0.2, -0.15) is 0 Å². The van der Waals surface area contributed by atoms with Gasteiger partial charge in [0.1, 0.15) is 10.9 Å². The summed E-state index contributed by atoms with van der Waals surface area (Å²) in [5.74, 6) is 3.25. The van der Waals surface area contributed by atoms with Crippen LogP contribution in [0, 0.1) is 20.8 Å². The normalized spacial score (nSPS) is 13.8. The van der Waals surface area contributed by atoms with Crippen molar-refractivity contribution in [1.82, 2.24) is 14.5 Å². The van der Waals surface area contributed by atoms with Crippen LogP contribution in [-0.2, 0) is 0 Å². The standard InChI is InChI=1S/C19H19N3S2/c1-12-10-13(2)16(14(3)11-12)22-7-6-20-18(22)15-4-5-21-19-17(15)23-8-9-24-19/h4-7,10-11H,8-9H2,1-3H3. The van der Waals surface area contributed by atoms with Crippen molar-refractivity contribution in [2.45, 2.75) is 30.7 Å². The molecule has 1 aliphatic rings. The van der Waals surface area contributed by atoms with Crippen LogP contribution in [0.2, 0.25) is 0 Å². The zero-order chi connectivity index (χ0) is 16.7. The van der Waals surface area contributed by atoms with Gasteiger partial charge in [-0.05, 0) is 38.0 Å². The summed E-state index contributed by atoms with van der Waals surface area (Å²) >= 11 is 3.73. The van der Waals surface area contributed by atoms with E-state index in [1.54, 1.807) is 0 Å². The molecule has 3 aromatic rings. The van der Waals surface area contributed by atoms with E-state index in [9.17, 15) is 0 Å². The Bertz CT molecular complexity index is 892. The van der Waals surface area contributed by atoms with Crippen LogP contribution >= 0.6 is 23.5 Å². The lowest BCUT2D eigenvalue weighted by atomic mass is 10.0. The minimum atomic E-state index is 0.999. The molecule has 0 N–H and O–H groups in total. The van der Waals surface area contributed by atoms with Crippen molar-refractivity contribution in [2.24, 2.45) is 0 Å². The number of benzene rings is 1. The Morgan fingerprint density at radius 3 is 2.50 bits per heavy atom. The molecule has 0 atom stereocenters. The highest BCUT2D eigenvalue weighted by Gasteiger charge is 2.20. The number of rotatable bonds is 2. The van der Waals surface area contributed by atoms with E-state index in [-0.39, 0.29) is 0 Å². The lowest BCUT2D eigenvalue weighted by molar-refractivity contribution is 0.986. The zero-order valence-electron chi connectivity index (χ0n) is 14.0. The fraction of sp³-hybridized carbons (Fsp3) is 0.263. The highest BCUT2D eigenvalue weighted by Crippen LogP contribution is 2.41. The molecule has 4 rings (SSSR count). The molecule has 0 bridgehead atoms. The van der Waals surface area contributed by atoms with Crippen molar-refractivity contribution in [1.29, 1.82) is 0 Å². The van der Waals surface area contributed by atoms with Gasteiger partial charge in [-0.15, -0.1) is 23.5 Å². The predicted molar refractivity (Wildman–Crippen MR) is 102 cm³/mol. The van der Waals surface area contributed by atoms with Crippen molar-refractivity contribution in [2.75, 3.05) is 11.5 Å². The van der Waals surface area contributed by atoms with Gasteiger partial charge in [0.25, 0.3) is 0 Å². The topological polar surface area (TPSA) is 30.7 Å². The molecule has 0 saturated heterocycles. The first-order valence-electron chi connectivity index (χ1n) is 8.01. The summed E-state index contributed by atoms with van der Waals surface area (Å²) < 4.78 is 2.22. The van der Waals surface area contributed by atoms with Crippen LogP contribution in [0.1, 0.15) is 16.7 Å². The summed E-state index contributed by atoms with van der Waals surface area (Å²) in [6.45, 7) is 6.49. The molecule has 1 aliphatic heterocycles. The summed E-state index contributed by atoms with van der Waals surface area (Å²) in [4.78, 5) is 10.5. The molecule has 0 amide bonds. The lowest BCUT2D eigenvalue weighted by Crippen LogP contribution is -2.05. The molecule has 122 valence electrons. The second-order valence-corrected chi connectivity index (χ2v) is 8.25. The average molecular weight is 354 g/mol. The third-order valence-electron chi connectivity index (χ3n) is 4.20. The van der Waals surface area contributed by atoms with Gasteiger partial charge in [-0.25, -0.2) is 9.97 Å². The summed E-state index contributed by atoms with van der Waals surface area (Å²) in [6.07, 6.45) is 5.86. The minimum Gasteiger partial charge on any atom is -0.299 e. The number of thioether (sulfide) groups is 2. The van der Waals surface area contributed by atoms with Crippen LogP contribution in [-0.4, -0.2) is 26.0 Å². The Labute approximate surface area is 150 Å².